The lowest BCUT2D eigenvalue weighted by Crippen LogP contribution is -2.24. The molecule has 0 radical (unpaired) electrons. The molecule has 1 fully saturated rings. The molecular weight excluding hydrogens is 232 g/mol. The van der Waals surface area contributed by atoms with E-state index in [1.165, 1.54) is 11.3 Å². The van der Waals surface area contributed by atoms with E-state index in [0.29, 0.717) is 12.2 Å². The summed E-state index contributed by atoms with van der Waals surface area (Å²) in [4.78, 5) is 13.0. The SMILES string of the molecule is O=C(Cc1ccc(Cl)s1)C1CCOCC1. The van der Waals surface area contributed by atoms with Gasteiger partial charge in [0.25, 0.3) is 0 Å². The highest BCUT2D eigenvalue weighted by atomic mass is 35.5. The summed E-state index contributed by atoms with van der Waals surface area (Å²) in [7, 11) is 0. The number of hydrogen-bond donors (Lipinski definition) is 0. The molecule has 2 nitrogen and oxygen atoms in total. The largest absolute Gasteiger partial charge is 0.381 e. The molecule has 0 aromatic carbocycles. The van der Waals surface area contributed by atoms with Crippen molar-refractivity contribution >= 4 is 28.7 Å². The van der Waals surface area contributed by atoms with Crippen LogP contribution in [0.25, 0.3) is 0 Å². The molecule has 82 valence electrons. The number of Topliss-reactive ketones (excluding diaryl/α,β-unsaturated/α-hetero) is 1. The lowest BCUT2D eigenvalue weighted by molar-refractivity contribution is -0.124. The topological polar surface area (TPSA) is 26.3 Å². The number of carbonyl (C=O) groups is 1. The Morgan fingerprint density at radius 2 is 2.20 bits per heavy atom. The highest BCUT2D eigenvalue weighted by molar-refractivity contribution is 7.16. The van der Waals surface area contributed by atoms with E-state index in [2.05, 4.69) is 0 Å². The zero-order valence-electron chi connectivity index (χ0n) is 8.37. The van der Waals surface area contributed by atoms with Crippen LogP contribution >= 0.6 is 22.9 Å². The van der Waals surface area contributed by atoms with Crippen LogP contribution in [0, 0.1) is 5.92 Å². The Kier molecular flexibility index (Phi) is 3.78. The van der Waals surface area contributed by atoms with Gasteiger partial charge in [0.05, 0.1) is 4.34 Å². The lowest BCUT2D eigenvalue weighted by atomic mass is 9.93. The Morgan fingerprint density at radius 3 is 2.80 bits per heavy atom. The zero-order valence-corrected chi connectivity index (χ0v) is 9.94. The smallest absolute Gasteiger partial charge is 0.141 e. The minimum absolute atomic E-state index is 0.194. The zero-order chi connectivity index (χ0) is 10.7. The first kappa shape index (κ1) is 11.1. The third-order valence-electron chi connectivity index (χ3n) is 2.65. The summed E-state index contributed by atoms with van der Waals surface area (Å²) >= 11 is 7.31. The van der Waals surface area contributed by atoms with Gasteiger partial charge in [-0.3, -0.25) is 4.79 Å². The highest BCUT2D eigenvalue weighted by Gasteiger charge is 2.21. The third kappa shape index (κ3) is 3.03. The maximum absolute atomic E-state index is 11.9. The van der Waals surface area contributed by atoms with Gasteiger partial charge in [-0.25, -0.2) is 0 Å². The molecule has 1 saturated heterocycles. The molecule has 2 rings (SSSR count). The number of hydrogen-bond acceptors (Lipinski definition) is 3. The number of thiophene rings is 1. The van der Waals surface area contributed by atoms with Crippen LogP contribution in [0.5, 0.6) is 0 Å². The summed E-state index contributed by atoms with van der Waals surface area (Å²) in [6.07, 6.45) is 2.28. The van der Waals surface area contributed by atoms with Crippen LogP contribution in [0.3, 0.4) is 0 Å². The first-order valence-corrected chi connectivity index (χ1v) is 6.30. The van der Waals surface area contributed by atoms with Crippen molar-refractivity contribution in [2.45, 2.75) is 19.3 Å². The molecule has 0 amide bonds. The minimum Gasteiger partial charge on any atom is -0.381 e. The Morgan fingerprint density at radius 1 is 1.47 bits per heavy atom. The summed E-state index contributed by atoms with van der Waals surface area (Å²) in [6.45, 7) is 1.45. The summed E-state index contributed by atoms with van der Waals surface area (Å²) in [6, 6.07) is 3.78. The number of halogens is 1. The van der Waals surface area contributed by atoms with E-state index in [4.69, 9.17) is 16.3 Å². The van der Waals surface area contributed by atoms with Crippen molar-refractivity contribution in [2.75, 3.05) is 13.2 Å². The first-order valence-electron chi connectivity index (χ1n) is 5.10. The van der Waals surface area contributed by atoms with Crippen LogP contribution in [0.4, 0.5) is 0 Å². The second kappa shape index (κ2) is 5.10. The number of ether oxygens (including phenoxy) is 1. The van der Waals surface area contributed by atoms with Crippen molar-refractivity contribution in [3.05, 3.63) is 21.3 Å². The lowest BCUT2D eigenvalue weighted by Gasteiger charge is -2.20. The van der Waals surface area contributed by atoms with E-state index < -0.39 is 0 Å². The first-order chi connectivity index (χ1) is 7.25. The summed E-state index contributed by atoms with van der Waals surface area (Å²) in [5, 5.41) is 0. The van der Waals surface area contributed by atoms with Gasteiger partial charge in [0.1, 0.15) is 5.78 Å². The van der Waals surface area contributed by atoms with Crippen LogP contribution in [0.2, 0.25) is 4.34 Å². The molecule has 4 heteroatoms. The number of carbonyl (C=O) groups excluding carboxylic acids is 1. The van der Waals surface area contributed by atoms with Crippen LogP contribution < -0.4 is 0 Å². The highest BCUT2D eigenvalue weighted by Crippen LogP contribution is 2.24. The molecule has 0 spiro atoms. The fraction of sp³-hybridized carbons (Fsp3) is 0.545. The Labute approximate surface area is 98.2 Å². The van der Waals surface area contributed by atoms with Gasteiger partial charge in [0, 0.05) is 30.4 Å². The molecule has 1 aliphatic heterocycles. The van der Waals surface area contributed by atoms with Gasteiger partial charge in [0.2, 0.25) is 0 Å². The van der Waals surface area contributed by atoms with Crippen LogP contribution in [0.15, 0.2) is 12.1 Å². The van der Waals surface area contributed by atoms with Gasteiger partial charge in [-0.15, -0.1) is 11.3 Å². The Bertz CT molecular complexity index is 342. The molecule has 1 aliphatic rings. The quantitative estimate of drug-likeness (QED) is 0.817. The van der Waals surface area contributed by atoms with Crippen molar-refractivity contribution < 1.29 is 9.53 Å². The van der Waals surface area contributed by atoms with Gasteiger partial charge in [0.15, 0.2) is 0 Å². The fourth-order valence-corrected chi connectivity index (χ4v) is 2.88. The number of ketones is 1. The van der Waals surface area contributed by atoms with E-state index >= 15 is 0 Å². The van der Waals surface area contributed by atoms with Gasteiger partial charge in [-0.1, -0.05) is 11.6 Å². The van der Waals surface area contributed by atoms with E-state index in [-0.39, 0.29) is 5.92 Å². The summed E-state index contributed by atoms with van der Waals surface area (Å²) < 4.78 is 5.99. The second-order valence-electron chi connectivity index (χ2n) is 3.74. The normalized spacial score (nSPS) is 17.9. The van der Waals surface area contributed by atoms with Crippen LogP contribution in [-0.4, -0.2) is 19.0 Å². The molecule has 0 saturated carbocycles. The van der Waals surface area contributed by atoms with Crippen LogP contribution in [0.1, 0.15) is 17.7 Å². The van der Waals surface area contributed by atoms with Gasteiger partial charge in [-0.05, 0) is 25.0 Å². The van der Waals surface area contributed by atoms with Crippen molar-refractivity contribution in [2.24, 2.45) is 5.92 Å². The molecule has 2 heterocycles. The fourth-order valence-electron chi connectivity index (χ4n) is 1.78. The predicted octanol–water partition coefficient (Wildman–Crippen LogP) is 2.94. The molecule has 0 aliphatic carbocycles. The molecule has 0 bridgehead atoms. The van der Waals surface area contributed by atoms with Crippen molar-refractivity contribution in [1.29, 1.82) is 0 Å². The second-order valence-corrected chi connectivity index (χ2v) is 5.54. The summed E-state index contributed by atoms with van der Waals surface area (Å²) in [5.41, 5.74) is 0. The van der Waals surface area contributed by atoms with Crippen molar-refractivity contribution in [1.82, 2.24) is 0 Å². The molecule has 1 aromatic rings. The Balaban J connectivity index is 1.91. The molecule has 0 unspecified atom stereocenters. The summed E-state index contributed by atoms with van der Waals surface area (Å²) in [5.74, 6) is 0.524. The number of rotatable bonds is 3. The maximum Gasteiger partial charge on any atom is 0.141 e. The average molecular weight is 245 g/mol. The predicted molar refractivity (Wildman–Crippen MR) is 61.6 cm³/mol. The van der Waals surface area contributed by atoms with Crippen molar-refractivity contribution in [3.63, 3.8) is 0 Å². The van der Waals surface area contributed by atoms with Crippen molar-refractivity contribution in [3.8, 4) is 0 Å². The average Bonchev–Trinajstić information content (AvgIpc) is 2.65. The molecule has 0 atom stereocenters. The van der Waals surface area contributed by atoms with E-state index in [9.17, 15) is 4.79 Å². The van der Waals surface area contributed by atoms with E-state index in [1.807, 2.05) is 12.1 Å². The van der Waals surface area contributed by atoms with Gasteiger partial charge >= 0.3 is 0 Å². The monoisotopic (exact) mass is 244 g/mol. The minimum atomic E-state index is 0.194. The maximum atomic E-state index is 11.9. The van der Waals surface area contributed by atoms with Gasteiger partial charge < -0.3 is 4.74 Å². The Hall–Kier alpha value is -0.380. The molecule has 1 aromatic heterocycles. The molecule has 15 heavy (non-hydrogen) atoms. The van der Waals surface area contributed by atoms with E-state index in [1.54, 1.807) is 0 Å². The third-order valence-corrected chi connectivity index (χ3v) is 3.89. The van der Waals surface area contributed by atoms with Crippen LogP contribution in [-0.2, 0) is 16.0 Å². The van der Waals surface area contributed by atoms with E-state index in [0.717, 1.165) is 35.3 Å². The van der Waals surface area contributed by atoms with Gasteiger partial charge in [-0.2, -0.15) is 0 Å². The standard InChI is InChI=1S/C11H13ClO2S/c12-11-2-1-9(15-11)7-10(13)8-3-5-14-6-4-8/h1-2,8H,3-7H2. The molecule has 0 N–H and O–H groups in total. The molecular formula is C11H13ClO2S.